The maximum absolute atomic E-state index is 12.4. The average molecular weight is 322 g/mol. The zero-order valence-corrected chi connectivity index (χ0v) is 13.0. The Labute approximate surface area is 129 Å². The van der Waals surface area contributed by atoms with Crippen LogP contribution < -0.4 is 0 Å². The van der Waals surface area contributed by atoms with Gasteiger partial charge in [-0.2, -0.15) is 13.2 Å². The highest BCUT2D eigenvalue weighted by Gasteiger charge is 2.39. The third-order valence-electron chi connectivity index (χ3n) is 4.70. The Balaban J connectivity index is 1.75. The van der Waals surface area contributed by atoms with Crippen molar-refractivity contribution in [3.05, 3.63) is 0 Å². The molecular formula is C16H25F3O3. The lowest BCUT2D eigenvalue weighted by Gasteiger charge is -2.37. The summed E-state index contributed by atoms with van der Waals surface area (Å²) in [5.74, 6) is -0.362. The second-order valence-electron chi connectivity index (χ2n) is 6.51. The van der Waals surface area contributed by atoms with Gasteiger partial charge in [-0.3, -0.25) is 0 Å². The molecule has 0 radical (unpaired) electrons. The minimum Gasteiger partial charge on any atom is -0.460 e. The second-order valence-corrected chi connectivity index (χ2v) is 6.51. The van der Waals surface area contributed by atoms with E-state index in [1.54, 1.807) is 0 Å². The van der Waals surface area contributed by atoms with Gasteiger partial charge in [-0.25, -0.2) is 4.79 Å². The van der Waals surface area contributed by atoms with Crippen molar-refractivity contribution in [2.24, 2.45) is 11.8 Å². The number of esters is 1. The molecule has 2 rings (SSSR count). The van der Waals surface area contributed by atoms with E-state index in [1.165, 1.54) is 0 Å². The summed E-state index contributed by atoms with van der Waals surface area (Å²) in [6, 6.07) is 0. The van der Waals surface area contributed by atoms with Crippen LogP contribution >= 0.6 is 0 Å². The summed E-state index contributed by atoms with van der Waals surface area (Å²) in [5, 5.41) is 0. The molecule has 0 aromatic rings. The number of carbonyl (C=O) groups excluding carboxylic acids is 1. The Morgan fingerprint density at radius 1 is 1.14 bits per heavy atom. The van der Waals surface area contributed by atoms with E-state index in [0.29, 0.717) is 25.9 Å². The third kappa shape index (κ3) is 5.14. The van der Waals surface area contributed by atoms with E-state index in [1.807, 2.05) is 6.92 Å². The fourth-order valence-electron chi connectivity index (χ4n) is 3.55. The van der Waals surface area contributed by atoms with Crippen LogP contribution in [0, 0.1) is 11.8 Å². The highest BCUT2D eigenvalue weighted by Crippen LogP contribution is 2.39. The van der Waals surface area contributed by atoms with Crippen molar-refractivity contribution in [3.63, 3.8) is 0 Å². The molecule has 1 heterocycles. The fraction of sp³-hybridized carbons (Fsp3) is 0.938. The molecular weight excluding hydrogens is 297 g/mol. The first-order valence-electron chi connectivity index (χ1n) is 8.28. The normalized spacial score (nSPS) is 33.5. The van der Waals surface area contributed by atoms with Gasteiger partial charge in [0.2, 0.25) is 0 Å². The monoisotopic (exact) mass is 322 g/mol. The van der Waals surface area contributed by atoms with Crippen molar-refractivity contribution in [2.75, 3.05) is 6.61 Å². The maximum atomic E-state index is 12.4. The zero-order chi connectivity index (χ0) is 16.2. The molecule has 0 amide bonds. The van der Waals surface area contributed by atoms with Gasteiger partial charge in [-0.15, -0.1) is 0 Å². The lowest BCUT2D eigenvalue weighted by molar-refractivity contribution is -0.176. The minimum absolute atomic E-state index is 0.138. The van der Waals surface area contributed by atoms with Gasteiger partial charge in [0, 0.05) is 13.0 Å². The molecule has 22 heavy (non-hydrogen) atoms. The maximum Gasteiger partial charge on any atom is 0.389 e. The lowest BCUT2D eigenvalue weighted by atomic mass is 9.76. The van der Waals surface area contributed by atoms with Crippen LogP contribution in [0.25, 0.3) is 0 Å². The predicted octanol–water partition coefficient (Wildman–Crippen LogP) is 4.25. The number of ether oxygens (including phenoxy) is 2. The lowest BCUT2D eigenvalue weighted by Crippen LogP contribution is -2.41. The summed E-state index contributed by atoms with van der Waals surface area (Å²) in [6.07, 6.45) is -0.480. The summed E-state index contributed by atoms with van der Waals surface area (Å²) in [5.41, 5.74) is 0. The topological polar surface area (TPSA) is 35.5 Å². The number of carbonyl (C=O) groups is 1. The first-order chi connectivity index (χ1) is 10.4. The van der Waals surface area contributed by atoms with Gasteiger partial charge in [0.05, 0.1) is 0 Å². The van der Waals surface area contributed by atoms with E-state index in [9.17, 15) is 18.0 Å². The molecule has 128 valence electrons. The summed E-state index contributed by atoms with van der Waals surface area (Å²) >= 11 is 0. The van der Waals surface area contributed by atoms with Gasteiger partial charge >= 0.3 is 12.1 Å². The number of hydrogen-bond donors (Lipinski definition) is 0. The zero-order valence-electron chi connectivity index (χ0n) is 13.0. The Bertz CT molecular complexity index is 362. The third-order valence-corrected chi connectivity index (χ3v) is 4.70. The van der Waals surface area contributed by atoms with Crippen LogP contribution in [0.1, 0.15) is 58.3 Å². The molecule has 0 aromatic carbocycles. The van der Waals surface area contributed by atoms with Crippen LogP contribution in [-0.4, -0.2) is 31.0 Å². The van der Waals surface area contributed by atoms with Crippen LogP contribution in [0.15, 0.2) is 0 Å². The molecule has 2 fully saturated rings. The summed E-state index contributed by atoms with van der Waals surface area (Å²) in [7, 11) is 0. The van der Waals surface area contributed by atoms with Crippen molar-refractivity contribution >= 4 is 5.97 Å². The van der Waals surface area contributed by atoms with E-state index >= 15 is 0 Å². The molecule has 0 bridgehead atoms. The van der Waals surface area contributed by atoms with Gasteiger partial charge < -0.3 is 9.47 Å². The Hall–Kier alpha value is -0.780. The van der Waals surface area contributed by atoms with E-state index in [2.05, 4.69) is 0 Å². The van der Waals surface area contributed by atoms with Crippen molar-refractivity contribution in [1.29, 1.82) is 0 Å². The average Bonchev–Trinajstić information content (AvgIpc) is 2.45. The molecule has 6 heteroatoms. The van der Waals surface area contributed by atoms with E-state index in [-0.39, 0.29) is 23.9 Å². The molecule has 0 aromatic heterocycles. The standard InChI is InChI=1S/C16H25F3O3/c1-2-9-21-14-8-7-13(22-15(14)20)12-5-3-11(4-6-12)10-16(17,18)19/h11-14H,2-10H2,1H3. The van der Waals surface area contributed by atoms with Crippen LogP contribution in [0.4, 0.5) is 13.2 Å². The largest absolute Gasteiger partial charge is 0.460 e. The van der Waals surface area contributed by atoms with Gasteiger partial charge in [0.1, 0.15) is 6.10 Å². The fourth-order valence-corrected chi connectivity index (χ4v) is 3.55. The van der Waals surface area contributed by atoms with Gasteiger partial charge in [-0.05, 0) is 56.8 Å². The predicted molar refractivity (Wildman–Crippen MR) is 75.3 cm³/mol. The summed E-state index contributed by atoms with van der Waals surface area (Å²) in [6.45, 7) is 2.53. The number of hydrogen-bond acceptors (Lipinski definition) is 3. The summed E-state index contributed by atoms with van der Waals surface area (Å²) < 4.78 is 48.2. The van der Waals surface area contributed by atoms with Gasteiger partial charge in [0.15, 0.2) is 6.10 Å². The van der Waals surface area contributed by atoms with Crippen LogP contribution in [0.3, 0.4) is 0 Å². The molecule has 1 aliphatic carbocycles. The smallest absolute Gasteiger partial charge is 0.389 e. The summed E-state index contributed by atoms with van der Waals surface area (Å²) in [4.78, 5) is 11.9. The first kappa shape index (κ1) is 17.6. The molecule has 1 saturated heterocycles. The molecule has 0 spiro atoms. The van der Waals surface area contributed by atoms with Crippen molar-refractivity contribution in [3.8, 4) is 0 Å². The second kappa shape index (κ2) is 7.66. The number of cyclic esters (lactones) is 1. The molecule has 3 nitrogen and oxygen atoms in total. The molecule has 0 N–H and O–H groups in total. The van der Waals surface area contributed by atoms with Crippen molar-refractivity contribution in [2.45, 2.75) is 76.7 Å². The van der Waals surface area contributed by atoms with E-state index in [0.717, 1.165) is 25.7 Å². The quantitative estimate of drug-likeness (QED) is 0.710. The van der Waals surface area contributed by atoms with Crippen LogP contribution in [0.2, 0.25) is 0 Å². The Morgan fingerprint density at radius 3 is 2.36 bits per heavy atom. The molecule has 2 aliphatic rings. The van der Waals surface area contributed by atoms with E-state index < -0.39 is 18.7 Å². The van der Waals surface area contributed by atoms with Gasteiger partial charge in [0.25, 0.3) is 0 Å². The van der Waals surface area contributed by atoms with Crippen molar-refractivity contribution < 1.29 is 27.4 Å². The number of halogens is 3. The Morgan fingerprint density at radius 2 is 1.82 bits per heavy atom. The van der Waals surface area contributed by atoms with Crippen LogP contribution in [0.5, 0.6) is 0 Å². The SMILES string of the molecule is CCCOC1CCC(C2CCC(CC(F)(F)F)CC2)OC1=O. The first-order valence-corrected chi connectivity index (χ1v) is 8.28. The Kier molecular flexibility index (Phi) is 6.12. The minimum atomic E-state index is -4.07. The molecule has 1 saturated carbocycles. The van der Waals surface area contributed by atoms with E-state index in [4.69, 9.17) is 9.47 Å². The molecule has 1 aliphatic heterocycles. The van der Waals surface area contributed by atoms with Gasteiger partial charge in [-0.1, -0.05) is 6.92 Å². The van der Waals surface area contributed by atoms with Crippen LogP contribution in [-0.2, 0) is 14.3 Å². The number of alkyl halides is 3. The highest BCUT2D eigenvalue weighted by atomic mass is 19.4. The molecule has 2 unspecified atom stereocenters. The molecule has 2 atom stereocenters. The highest BCUT2D eigenvalue weighted by molar-refractivity contribution is 5.75. The van der Waals surface area contributed by atoms with Crippen molar-refractivity contribution in [1.82, 2.24) is 0 Å². The number of rotatable bonds is 5.